The van der Waals surface area contributed by atoms with Crippen molar-refractivity contribution in [3.63, 3.8) is 0 Å². The predicted molar refractivity (Wildman–Crippen MR) is 92.2 cm³/mol. The molecule has 0 saturated carbocycles. The van der Waals surface area contributed by atoms with Crippen LogP contribution in [0, 0.1) is 10.1 Å². The zero-order chi connectivity index (χ0) is 19.5. The average Bonchev–Trinajstić information content (AvgIpc) is 2.56. The Morgan fingerprint density at radius 1 is 1.22 bits per heavy atom. The van der Waals surface area contributed by atoms with Crippen molar-refractivity contribution < 1.29 is 32.4 Å². The van der Waals surface area contributed by atoms with Crippen LogP contribution in [0.1, 0.15) is 15.9 Å². The minimum absolute atomic E-state index is 0. The molecule has 140 valence electrons. The van der Waals surface area contributed by atoms with Crippen molar-refractivity contribution in [2.75, 3.05) is 7.11 Å². The molecule has 0 saturated heterocycles. The fourth-order valence-corrected chi connectivity index (χ4v) is 2.25. The molecule has 0 radical (unpaired) electrons. The molecule has 0 aliphatic heterocycles. The van der Waals surface area contributed by atoms with E-state index in [0.717, 1.165) is 19.2 Å². The van der Waals surface area contributed by atoms with Crippen molar-refractivity contribution >= 4 is 68.8 Å². The molecule has 0 aliphatic rings. The summed E-state index contributed by atoms with van der Waals surface area (Å²) >= 11 is 5.80. The topological polar surface area (TPSA) is 78.7 Å². The van der Waals surface area contributed by atoms with E-state index in [4.69, 9.17) is 16.3 Å². The number of halogens is 4. The van der Waals surface area contributed by atoms with E-state index in [0.29, 0.717) is 6.07 Å². The fraction of sp³-hybridized carbons (Fsp3) is 0.188. The third-order valence-corrected chi connectivity index (χ3v) is 3.54. The molecule has 2 aromatic carbocycles. The van der Waals surface area contributed by atoms with Crippen LogP contribution in [-0.2, 0) is 10.9 Å². The number of alkyl halides is 3. The van der Waals surface area contributed by atoms with E-state index >= 15 is 0 Å². The molecule has 0 aliphatic carbocycles. The molecule has 0 amide bonds. The molecule has 0 heterocycles. The molecule has 2 rings (SSSR count). The SMILES string of the molecule is COC(C(=O)c1cccc(Oc2ccc(C(F)(F)F)cc2Cl)c1)[N+](=O)[O-].[KH]. The monoisotopic (exact) mass is 429 g/mol. The Morgan fingerprint density at radius 3 is 2.41 bits per heavy atom. The molecular formula is C16H12ClF3KNO5. The quantitative estimate of drug-likeness (QED) is 0.228. The molecule has 6 nitrogen and oxygen atoms in total. The van der Waals surface area contributed by atoms with E-state index in [1.165, 1.54) is 24.3 Å². The third-order valence-electron chi connectivity index (χ3n) is 3.24. The van der Waals surface area contributed by atoms with Crippen molar-refractivity contribution in [3.8, 4) is 11.5 Å². The minimum atomic E-state index is -4.55. The van der Waals surface area contributed by atoms with Crippen LogP contribution in [0.15, 0.2) is 42.5 Å². The predicted octanol–water partition coefficient (Wildman–Crippen LogP) is 3.93. The molecule has 27 heavy (non-hydrogen) atoms. The number of Topliss-reactive ketones (excluding diaryl/α,β-unsaturated/α-hetero) is 1. The maximum absolute atomic E-state index is 12.6. The molecule has 0 spiro atoms. The van der Waals surface area contributed by atoms with Crippen molar-refractivity contribution in [1.29, 1.82) is 0 Å². The zero-order valence-electron chi connectivity index (χ0n) is 13.1. The first-order valence-electron chi connectivity index (χ1n) is 6.98. The Kier molecular flexibility index (Phi) is 8.86. The average molecular weight is 430 g/mol. The van der Waals surface area contributed by atoms with Gasteiger partial charge in [0.25, 0.3) is 5.78 Å². The normalized spacial score (nSPS) is 12.0. The Morgan fingerprint density at radius 2 is 1.89 bits per heavy atom. The summed E-state index contributed by atoms with van der Waals surface area (Å²) in [6, 6.07) is 7.87. The van der Waals surface area contributed by atoms with Gasteiger partial charge in [-0.1, -0.05) is 23.7 Å². The second kappa shape index (κ2) is 9.96. The first kappa shape index (κ1) is 24.0. The van der Waals surface area contributed by atoms with Gasteiger partial charge in [0, 0.05) is 12.7 Å². The summed E-state index contributed by atoms with van der Waals surface area (Å²) in [5, 5.41) is 10.5. The summed E-state index contributed by atoms with van der Waals surface area (Å²) < 4.78 is 47.8. The van der Waals surface area contributed by atoms with Crippen molar-refractivity contribution in [1.82, 2.24) is 0 Å². The van der Waals surface area contributed by atoms with Crippen LogP contribution in [0.3, 0.4) is 0 Å². The van der Waals surface area contributed by atoms with Gasteiger partial charge >= 0.3 is 63.8 Å². The zero-order valence-corrected chi connectivity index (χ0v) is 13.9. The molecule has 0 aromatic heterocycles. The number of methoxy groups -OCH3 is 1. The summed E-state index contributed by atoms with van der Waals surface area (Å²) in [5.41, 5.74) is -0.998. The van der Waals surface area contributed by atoms with Crippen LogP contribution in [0.2, 0.25) is 5.02 Å². The van der Waals surface area contributed by atoms with Crippen LogP contribution in [0.25, 0.3) is 0 Å². The first-order chi connectivity index (χ1) is 12.1. The van der Waals surface area contributed by atoms with Crippen LogP contribution in [0.4, 0.5) is 13.2 Å². The summed E-state index contributed by atoms with van der Waals surface area (Å²) in [4.78, 5) is 22.0. The number of ether oxygens (including phenoxy) is 2. The summed E-state index contributed by atoms with van der Waals surface area (Å²) in [5.74, 6) is -0.904. The van der Waals surface area contributed by atoms with E-state index in [2.05, 4.69) is 4.74 Å². The molecule has 0 bridgehead atoms. The number of nitrogens with zero attached hydrogens (tertiary/aromatic N) is 1. The van der Waals surface area contributed by atoms with Crippen LogP contribution < -0.4 is 4.74 Å². The van der Waals surface area contributed by atoms with Gasteiger partial charge in [-0.3, -0.25) is 14.9 Å². The Labute approximate surface area is 199 Å². The Hall–Kier alpha value is -1.01. The number of ketones is 1. The molecular weight excluding hydrogens is 418 g/mol. The number of benzene rings is 2. The van der Waals surface area contributed by atoms with E-state index in [9.17, 15) is 28.1 Å². The van der Waals surface area contributed by atoms with Gasteiger partial charge in [0.05, 0.1) is 15.5 Å². The number of hydrogen-bond acceptors (Lipinski definition) is 5. The van der Waals surface area contributed by atoms with Gasteiger partial charge in [0.15, 0.2) is 0 Å². The first-order valence-corrected chi connectivity index (χ1v) is 7.36. The van der Waals surface area contributed by atoms with Gasteiger partial charge in [0.2, 0.25) is 0 Å². The third kappa shape index (κ3) is 6.24. The Balaban J connectivity index is 0.00000364. The molecule has 1 unspecified atom stereocenters. The number of carbonyl (C=O) groups is 1. The van der Waals surface area contributed by atoms with E-state index < -0.39 is 28.7 Å². The van der Waals surface area contributed by atoms with Gasteiger partial charge in [-0.25, -0.2) is 0 Å². The molecule has 1 atom stereocenters. The van der Waals surface area contributed by atoms with E-state index in [1.54, 1.807) is 0 Å². The van der Waals surface area contributed by atoms with E-state index in [1.807, 2.05) is 0 Å². The number of hydrogen-bond donors (Lipinski definition) is 0. The van der Waals surface area contributed by atoms with Crippen LogP contribution >= 0.6 is 11.6 Å². The van der Waals surface area contributed by atoms with Crippen molar-refractivity contribution in [3.05, 3.63) is 68.7 Å². The summed E-state index contributed by atoms with van der Waals surface area (Å²) in [6.45, 7) is 0. The second-order valence-corrected chi connectivity index (χ2v) is 5.42. The van der Waals surface area contributed by atoms with Gasteiger partial charge in [-0.05, 0) is 30.3 Å². The number of rotatable bonds is 6. The van der Waals surface area contributed by atoms with E-state index in [-0.39, 0.29) is 73.5 Å². The summed E-state index contributed by atoms with van der Waals surface area (Å²) in [7, 11) is 1.02. The molecule has 0 fully saturated rings. The maximum atomic E-state index is 12.6. The number of carbonyl (C=O) groups excluding carboxylic acids is 1. The van der Waals surface area contributed by atoms with Gasteiger partial charge < -0.3 is 9.47 Å². The standard InChI is InChI=1S/C16H11ClF3NO5.K.H/c1-25-15(21(23)24)14(22)9-3-2-4-11(7-9)26-13-6-5-10(8-12(13)17)16(18,19)20;;/h2-8,15H,1H3;;. The van der Waals surface area contributed by atoms with Gasteiger partial charge in [-0.15, -0.1) is 0 Å². The molecule has 2 aromatic rings. The van der Waals surface area contributed by atoms with Gasteiger partial charge in [-0.2, -0.15) is 13.2 Å². The van der Waals surface area contributed by atoms with Crippen molar-refractivity contribution in [2.24, 2.45) is 0 Å². The molecule has 0 N–H and O–H groups in total. The Bertz CT molecular complexity index is 847. The molecule has 11 heteroatoms. The second-order valence-electron chi connectivity index (χ2n) is 5.01. The van der Waals surface area contributed by atoms with Gasteiger partial charge in [0.1, 0.15) is 11.5 Å². The summed E-state index contributed by atoms with van der Waals surface area (Å²) in [6.07, 6.45) is -6.42. The fourth-order valence-electron chi connectivity index (χ4n) is 2.03. The van der Waals surface area contributed by atoms with Crippen LogP contribution in [0.5, 0.6) is 11.5 Å². The number of nitro groups is 1. The van der Waals surface area contributed by atoms with Crippen LogP contribution in [-0.4, -0.2) is 75.4 Å². The van der Waals surface area contributed by atoms with Crippen molar-refractivity contribution in [2.45, 2.75) is 12.4 Å².